The molecular formula is C11H18N2O3. The molecule has 4 N–H and O–H groups in total. The van der Waals surface area contributed by atoms with Gasteiger partial charge in [-0.15, -0.1) is 0 Å². The molecule has 5 heteroatoms. The van der Waals surface area contributed by atoms with E-state index in [4.69, 9.17) is 10.2 Å². The maximum atomic E-state index is 9.80. The lowest BCUT2D eigenvalue weighted by atomic mass is 10.1. The summed E-state index contributed by atoms with van der Waals surface area (Å²) in [4.78, 5) is 3.98. The molecule has 0 saturated carbocycles. The minimum atomic E-state index is -0.141. The monoisotopic (exact) mass is 226 g/mol. The van der Waals surface area contributed by atoms with Crippen LogP contribution in [0.4, 0.5) is 0 Å². The predicted molar refractivity (Wildman–Crippen MR) is 60.0 cm³/mol. The van der Waals surface area contributed by atoms with Gasteiger partial charge < -0.3 is 20.6 Å². The molecule has 5 nitrogen and oxygen atoms in total. The Balaban J connectivity index is 2.72. The van der Waals surface area contributed by atoms with Crippen LogP contribution in [0, 0.1) is 6.92 Å². The Hall–Kier alpha value is -1.17. The van der Waals surface area contributed by atoms with Crippen molar-refractivity contribution in [2.75, 3.05) is 13.2 Å². The average molecular weight is 226 g/mol. The third-order valence-electron chi connectivity index (χ3n) is 2.41. The topological polar surface area (TPSA) is 85.6 Å². The van der Waals surface area contributed by atoms with Crippen molar-refractivity contribution in [3.8, 4) is 5.75 Å². The van der Waals surface area contributed by atoms with Gasteiger partial charge >= 0.3 is 0 Å². The fourth-order valence-electron chi connectivity index (χ4n) is 1.44. The van der Waals surface area contributed by atoms with E-state index in [9.17, 15) is 5.11 Å². The van der Waals surface area contributed by atoms with Gasteiger partial charge in [-0.3, -0.25) is 4.98 Å². The number of nitrogens with zero attached hydrogens (tertiary/aromatic N) is 1. The van der Waals surface area contributed by atoms with Gasteiger partial charge in [-0.2, -0.15) is 0 Å². The third-order valence-corrected chi connectivity index (χ3v) is 2.41. The number of aromatic nitrogens is 1. The standard InChI is InChI=1S/C11H18N2O3/c1-8-11(16)10(6-12-3-2-4-14)9(7-15)5-13-8/h5,12,14-16H,2-4,6-7H2,1H3. The Morgan fingerprint density at radius 1 is 1.38 bits per heavy atom. The third kappa shape index (κ3) is 3.16. The zero-order valence-electron chi connectivity index (χ0n) is 9.40. The Labute approximate surface area is 94.8 Å². The quantitative estimate of drug-likeness (QED) is 0.515. The first-order valence-electron chi connectivity index (χ1n) is 5.29. The summed E-state index contributed by atoms with van der Waals surface area (Å²) in [7, 11) is 0. The minimum absolute atomic E-state index is 0.128. The van der Waals surface area contributed by atoms with Crippen LogP contribution in [-0.4, -0.2) is 33.5 Å². The molecule has 0 bridgehead atoms. The smallest absolute Gasteiger partial charge is 0.141 e. The Kier molecular flexibility index (Phi) is 5.18. The van der Waals surface area contributed by atoms with Crippen molar-refractivity contribution in [3.63, 3.8) is 0 Å². The van der Waals surface area contributed by atoms with Crippen molar-refractivity contribution in [1.29, 1.82) is 0 Å². The fraction of sp³-hybridized carbons (Fsp3) is 0.545. The summed E-state index contributed by atoms with van der Waals surface area (Å²) in [6.07, 6.45) is 2.23. The highest BCUT2D eigenvalue weighted by Crippen LogP contribution is 2.23. The van der Waals surface area contributed by atoms with Crippen LogP contribution in [0.3, 0.4) is 0 Å². The van der Waals surface area contributed by atoms with Crippen LogP contribution in [0.1, 0.15) is 23.2 Å². The predicted octanol–water partition coefficient (Wildman–Crippen LogP) is 0.0599. The van der Waals surface area contributed by atoms with E-state index in [1.165, 1.54) is 0 Å². The second-order valence-corrected chi connectivity index (χ2v) is 3.61. The molecule has 0 aromatic carbocycles. The summed E-state index contributed by atoms with van der Waals surface area (Å²) >= 11 is 0. The zero-order chi connectivity index (χ0) is 12.0. The Bertz CT molecular complexity index is 342. The first-order chi connectivity index (χ1) is 7.70. The van der Waals surface area contributed by atoms with Gasteiger partial charge in [0.2, 0.25) is 0 Å². The SMILES string of the molecule is Cc1ncc(CO)c(CNCCCO)c1O. The van der Waals surface area contributed by atoms with E-state index in [0.29, 0.717) is 36.3 Å². The lowest BCUT2D eigenvalue weighted by molar-refractivity contribution is 0.277. The van der Waals surface area contributed by atoms with Gasteiger partial charge in [0.1, 0.15) is 5.75 Å². The summed E-state index contributed by atoms with van der Waals surface area (Å²) in [6, 6.07) is 0. The molecule has 0 aliphatic carbocycles. The molecule has 1 aromatic rings. The van der Waals surface area contributed by atoms with Gasteiger partial charge in [-0.05, 0) is 19.9 Å². The van der Waals surface area contributed by atoms with Gasteiger partial charge in [0.05, 0.1) is 12.3 Å². The van der Waals surface area contributed by atoms with Gasteiger partial charge in [0, 0.05) is 30.5 Å². The Morgan fingerprint density at radius 3 is 2.75 bits per heavy atom. The highest BCUT2D eigenvalue weighted by Gasteiger charge is 2.10. The van der Waals surface area contributed by atoms with Crippen LogP contribution in [0.2, 0.25) is 0 Å². The van der Waals surface area contributed by atoms with E-state index in [2.05, 4.69) is 10.3 Å². The maximum absolute atomic E-state index is 9.80. The van der Waals surface area contributed by atoms with Crippen LogP contribution >= 0.6 is 0 Å². The zero-order valence-corrected chi connectivity index (χ0v) is 9.40. The molecule has 0 aliphatic rings. The molecule has 0 radical (unpaired) electrons. The van der Waals surface area contributed by atoms with Gasteiger partial charge in [0.15, 0.2) is 0 Å². The highest BCUT2D eigenvalue weighted by atomic mass is 16.3. The highest BCUT2D eigenvalue weighted by molar-refractivity contribution is 5.40. The molecule has 0 unspecified atom stereocenters. The molecule has 1 rings (SSSR count). The van der Waals surface area contributed by atoms with Crippen LogP contribution in [0.5, 0.6) is 5.75 Å². The molecule has 90 valence electrons. The summed E-state index contributed by atoms with van der Waals surface area (Å²) in [5, 5.41) is 30.6. The molecule has 0 fully saturated rings. The van der Waals surface area contributed by atoms with E-state index in [1.807, 2.05) is 0 Å². The van der Waals surface area contributed by atoms with Crippen molar-refractivity contribution >= 4 is 0 Å². The number of rotatable bonds is 6. The molecule has 0 amide bonds. The summed E-state index contributed by atoms with van der Waals surface area (Å²) in [6.45, 7) is 2.85. The van der Waals surface area contributed by atoms with E-state index in [1.54, 1.807) is 13.1 Å². The van der Waals surface area contributed by atoms with Crippen molar-refractivity contribution in [3.05, 3.63) is 23.0 Å². The number of aromatic hydroxyl groups is 1. The van der Waals surface area contributed by atoms with Gasteiger partial charge in [-0.1, -0.05) is 0 Å². The van der Waals surface area contributed by atoms with Crippen molar-refractivity contribution in [2.24, 2.45) is 0 Å². The first kappa shape index (κ1) is 12.9. The summed E-state index contributed by atoms with van der Waals surface area (Å²) in [5.41, 5.74) is 1.85. The molecule has 0 spiro atoms. The van der Waals surface area contributed by atoms with Crippen molar-refractivity contribution in [2.45, 2.75) is 26.5 Å². The second-order valence-electron chi connectivity index (χ2n) is 3.61. The largest absolute Gasteiger partial charge is 0.506 e. The van der Waals surface area contributed by atoms with Crippen molar-refractivity contribution in [1.82, 2.24) is 10.3 Å². The molecule has 16 heavy (non-hydrogen) atoms. The fourth-order valence-corrected chi connectivity index (χ4v) is 1.44. The molecule has 0 atom stereocenters. The second kappa shape index (κ2) is 6.42. The van der Waals surface area contributed by atoms with E-state index >= 15 is 0 Å². The molecule has 1 heterocycles. The summed E-state index contributed by atoms with van der Waals surface area (Å²) in [5.74, 6) is 0.128. The van der Waals surface area contributed by atoms with Crippen LogP contribution < -0.4 is 5.32 Å². The van der Waals surface area contributed by atoms with Crippen LogP contribution in [0.25, 0.3) is 0 Å². The van der Waals surface area contributed by atoms with Gasteiger partial charge in [0.25, 0.3) is 0 Å². The number of aliphatic hydroxyl groups excluding tert-OH is 2. The van der Waals surface area contributed by atoms with E-state index < -0.39 is 0 Å². The molecular weight excluding hydrogens is 208 g/mol. The molecule has 0 saturated heterocycles. The Morgan fingerprint density at radius 2 is 2.12 bits per heavy atom. The number of aryl methyl sites for hydroxylation is 1. The van der Waals surface area contributed by atoms with Crippen molar-refractivity contribution < 1.29 is 15.3 Å². The number of aliphatic hydroxyl groups is 2. The van der Waals surface area contributed by atoms with E-state index in [-0.39, 0.29) is 19.0 Å². The summed E-state index contributed by atoms with van der Waals surface area (Å²) < 4.78 is 0. The number of hydrogen-bond donors (Lipinski definition) is 4. The molecule has 0 aliphatic heterocycles. The molecule has 1 aromatic heterocycles. The van der Waals surface area contributed by atoms with Gasteiger partial charge in [-0.25, -0.2) is 0 Å². The van der Waals surface area contributed by atoms with Crippen LogP contribution in [0.15, 0.2) is 6.20 Å². The number of hydrogen-bond acceptors (Lipinski definition) is 5. The number of pyridine rings is 1. The van der Waals surface area contributed by atoms with E-state index in [0.717, 1.165) is 0 Å². The minimum Gasteiger partial charge on any atom is -0.506 e. The lowest BCUT2D eigenvalue weighted by Crippen LogP contribution is -2.17. The normalized spacial score (nSPS) is 10.7. The average Bonchev–Trinajstić information content (AvgIpc) is 2.30. The maximum Gasteiger partial charge on any atom is 0.141 e. The van der Waals surface area contributed by atoms with Crippen LogP contribution in [-0.2, 0) is 13.2 Å². The first-order valence-corrected chi connectivity index (χ1v) is 5.29. The lowest BCUT2D eigenvalue weighted by Gasteiger charge is -2.11. The number of nitrogens with one attached hydrogen (secondary N) is 1.